The molecule has 3 aromatic rings. The van der Waals surface area contributed by atoms with Gasteiger partial charge in [-0.1, -0.05) is 94.5 Å². The lowest BCUT2D eigenvalue weighted by Crippen LogP contribution is -2.53. The SMILES string of the molecule is CC(C)C[C@H](NC(=O)[C@@H](CC(=O)OC(C)(C)C)Cc1cccc2ccccc12)C(=O)N[C@@H](CC1CCCCC1)[C@@H](O)c1ccccn1. The number of benzene rings is 2. The first-order valence-electron chi connectivity index (χ1n) is 17.3. The number of aliphatic hydroxyl groups excluding tert-OH is 1. The molecule has 4 atom stereocenters. The van der Waals surface area contributed by atoms with Gasteiger partial charge in [0.15, 0.2) is 0 Å². The Balaban J connectivity index is 1.57. The molecule has 0 unspecified atom stereocenters. The largest absolute Gasteiger partial charge is 0.460 e. The molecule has 1 heterocycles. The molecule has 8 heteroatoms. The van der Waals surface area contributed by atoms with Crippen molar-refractivity contribution in [2.75, 3.05) is 0 Å². The number of fused-ring (bicyclic) bond motifs is 1. The van der Waals surface area contributed by atoms with E-state index in [0.29, 0.717) is 30.9 Å². The first kappa shape index (κ1) is 36.1. The van der Waals surface area contributed by atoms with Crippen molar-refractivity contribution in [2.24, 2.45) is 17.8 Å². The summed E-state index contributed by atoms with van der Waals surface area (Å²) in [6, 6.07) is 17.9. The first-order valence-corrected chi connectivity index (χ1v) is 17.3. The van der Waals surface area contributed by atoms with Crippen molar-refractivity contribution in [2.45, 2.75) is 116 Å². The standard InChI is InChI=1S/C39H53N3O5/c1-26(2)22-34(38(46)41-33(23-27-14-7-6-8-15-27)36(44)32-20-11-12-21-40-32)42-37(45)30(25-35(43)47-39(3,4)5)24-29-18-13-17-28-16-9-10-19-31(28)29/h9-13,16-21,26-27,30,33-34,36,44H,6-8,14-15,22-25H2,1-5H3,(H,41,46)(H,42,45)/t30-,33+,34+,36+/m1/s1. The maximum atomic E-state index is 14.1. The molecule has 0 radical (unpaired) electrons. The van der Waals surface area contributed by atoms with Gasteiger partial charge in [-0.15, -0.1) is 0 Å². The van der Waals surface area contributed by atoms with Crippen molar-refractivity contribution in [3.63, 3.8) is 0 Å². The molecule has 47 heavy (non-hydrogen) atoms. The molecule has 0 aliphatic heterocycles. The fraction of sp³-hybridized carbons (Fsp3) is 0.538. The number of hydrogen-bond acceptors (Lipinski definition) is 6. The van der Waals surface area contributed by atoms with Crippen LogP contribution in [0, 0.1) is 17.8 Å². The number of esters is 1. The predicted molar refractivity (Wildman–Crippen MR) is 185 cm³/mol. The van der Waals surface area contributed by atoms with E-state index in [-0.39, 0.29) is 24.2 Å². The molecule has 1 fully saturated rings. The minimum atomic E-state index is -0.983. The number of rotatable bonds is 14. The van der Waals surface area contributed by atoms with E-state index < -0.39 is 35.7 Å². The van der Waals surface area contributed by atoms with Crippen molar-refractivity contribution < 1.29 is 24.2 Å². The Morgan fingerprint density at radius 3 is 2.30 bits per heavy atom. The van der Waals surface area contributed by atoms with E-state index in [4.69, 9.17) is 4.74 Å². The second-order valence-corrected chi connectivity index (χ2v) is 14.6. The van der Waals surface area contributed by atoms with Crippen LogP contribution in [-0.4, -0.2) is 45.6 Å². The smallest absolute Gasteiger partial charge is 0.307 e. The van der Waals surface area contributed by atoms with Gasteiger partial charge < -0.3 is 20.5 Å². The number of nitrogens with one attached hydrogen (secondary N) is 2. The van der Waals surface area contributed by atoms with Crippen molar-refractivity contribution in [3.05, 3.63) is 78.1 Å². The normalized spacial score (nSPS) is 16.7. The van der Waals surface area contributed by atoms with Gasteiger partial charge in [0.05, 0.1) is 24.1 Å². The Morgan fingerprint density at radius 2 is 1.62 bits per heavy atom. The van der Waals surface area contributed by atoms with Gasteiger partial charge in [-0.2, -0.15) is 0 Å². The van der Waals surface area contributed by atoms with Crippen LogP contribution in [0.4, 0.5) is 0 Å². The lowest BCUT2D eigenvalue weighted by molar-refractivity contribution is -0.157. The lowest BCUT2D eigenvalue weighted by atomic mass is 9.83. The van der Waals surface area contributed by atoms with Gasteiger partial charge in [0, 0.05) is 6.20 Å². The monoisotopic (exact) mass is 643 g/mol. The third-order valence-corrected chi connectivity index (χ3v) is 8.90. The topological polar surface area (TPSA) is 118 Å². The lowest BCUT2D eigenvalue weighted by Gasteiger charge is -2.32. The molecule has 1 aliphatic rings. The average Bonchev–Trinajstić information content (AvgIpc) is 3.03. The van der Waals surface area contributed by atoms with E-state index in [1.807, 2.05) is 62.4 Å². The van der Waals surface area contributed by atoms with Crippen LogP contribution < -0.4 is 10.6 Å². The molecule has 3 N–H and O–H groups in total. The van der Waals surface area contributed by atoms with Crippen LogP contribution in [0.15, 0.2) is 66.9 Å². The quantitative estimate of drug-likeness (QED) is 0.166. The van der Waals surface area contributed by atoms with Crippen LogP contribution in [0.1, 0.15) is 103 Å². The molecule has 1 saturated carbocycles. The number of nitrogens with zero attached hydrogens (tertiary/aromatic N) is 1. The number of amides is 2. The molecular formula is C39H53N3O5. The number of hydrogen-bond donors (Lipinski definition) is 3. The molecule has 8 nitrogen and oxygen atoms in total. The number of aliphatic hydroxyl groups is 1. The van der Waals surface area contributed by atoms with E-state index in [2.05, 4.69) is 15.6 Å². The Morgan fingerprint density at radius 1 is 0.915 bits per heavy atom. The van der Waals surface area contributed by atoms with E-state index in [9.17, 15) is 19.5 Å². The summed E-state index contributed by atoms with van der Waals surface area (Å²) in [6.45, 7) is 9.41. The summed E-state index contributed by atoms with van der Waals surface area (Å²) >= 11 is 0. The number of ether oxygens (including phenoxy) is 1. The van der Waals surface area contributed by atoms with Crippen LogP contribution in [0.5, 0.6) is 0 Å². The summed E-state index contributed by atoms with van der Waals surface area (Å²) < 4.78 is 5.62. The van der Waals surface area contributed by atoms with E-state index >= 15 is 0 Å². The molecule has 2 amide bonds. The highest BCUT2D eigenvalue weighted by molar-refractivity contribution is 5.91. The van der Waals surface area contributed by atoms with Crippen molar-refractivity contribution in [3.8, 4) is 0 Å². The van der Waals surface area contributed by atoms with Gasteiger partial charge >= 0.3 is 5.97 Å². The highest BCUT2D eigenvalue weighted by atomic mass is 16.6. The molecule has 254 valence electrons. The van der Waals surface area contributed by atoms with Gasteiger partial charge in [0.2, 0.25) is 11.8 Å². The zero-order valence-corrected chi connectivity index (χ0v) is 28.7. The van der Waals surface area contributed by atoms with Crippen molar-refractivity contribution >= 4 is 28.6 Å². The predicted octanol–water partition coefficient (Wildman–Crippen LogP) is 6.85. The Bertz CT molecular complexity index is 1460. The van der Waals surface area contributed by atoms with Crippen LogP contribution in [-0.2, 0) is 25.5 Å². The van der Waals surface area contributed by atoms with Crippen LogP contribution >= 0.6 is 0 Å². The third kappa shape index (κ3) is 11.2. The van der Waals surface area contributed by atoms with Gasteiger partial charge in [0.1, 0.15) is 17.7 Å². The van der Waals surface area contributed by atoms with Gasteiger partial charge in [0.25, 0.3) is 0 Å². The van der Waals surface area contributed by atoms with Crippen LogP contribution in [0.3, 0.4) is 0 Å². The maximum Gasteiger partial charge on any atom is 0.307 e. The zero-order valence-electron chi connectivity index (χ0n) is 28.7. The second-order valence-electron chi connectivity index (χ2n) is 14.6. The van der Waals surface area contributed by atoms with Gasteiger partial charge in [-0.3, -0.25) is 19.4 Å². The second kappa shape index (κ2) is 16.9. The molecule has 1 aromatic heterocycles. The van der Waals surface area contributed by atoms with Crippen molar-refractivity contribution in [1.82, 2.24) is 15.6 Å². The van der Waals surface area contributed by atoms with Crippen molar-refractivity contribution in [1.29, 1.82) is 0 Å². The van der Waals surface area contributed by atoms with Crippen LogP contribution in [0.25, 0.3) is 10.8 Å². The average molecular weight is 644 g/mol. The molecular weight excluding hydrogens is 590 g/mol. The Hall–Kier alpha value is -3.78. The Kier molecular flexibility index (Phi) is 12.9. The molecule has 1 aliphatic carbocycles. The number of pyridine rings is 1. The maximum absolute atomic E-state index is 14.1. The summed E-state index contributed by atoms with van der Waals surface area (Å²) in [5, 5.41) is 19.6. The van der Waals surface area contributed by atoms with Gasteiger partial charge in [-0.25, -0.2) is 0 Å². The number of carbonyl (C=O) groups is 3. The summed E-state index contributed by atoms with van der Waals surface area (Å²) in [4.78, 5) is 45.5. The third-order valence-electron chi connectivity index (χ3n) is 8.90. The fourth-order valence-electron chi connectivity index (χ4n) is 6.66. The summed E-state index contributed by atoms with van der Waals surface area (Å²) in [5.74, 6) is -1.44. The zero-order chi connectivity index (χ0) is 34.0. The van der Waals surface area contributed by atoms with E-state index in [1.54, 1.807) is 39.1 Å². The fourth-order valence-corrected chi connectivity index (χ4v) is 6.66. The molecule has 4 rings (SSSR count). The molecule has 0 bridgehead atoms. The highest BCUT2D eigenvalue weighted by Gasteiger charge is 2.33. The minimum absolute atomic E-state index is 0.103. The molecule has 0 spiro atoms. The highest BCUT2D eigenvalue weighted by Crippen LogP contribution is 2.31. The van der Waals surface area contributed by atoms with E-state index in [0.717, 1.165) is 42.0 Å². The number of carbonyl (C=O) groups excluding carboxylic acids is 3. The summed E-state index contributed by atoms with van der Waals surface area (Å²) in [6.07, 6.45) is 7.51. The molecule has 0 saturated heterocycles. The summed E-state index contributed by atoms with van der Waals surface area (Å²) in [7, 11) is 0. The number of aromatic nitrogens is 1. The summed E-state index contributed by atoms with van der Waals surface area (Å²) in [5.41, 5.74) is 0.757. The van der Waals surface area contributed by atoms with E-state index in [1.165, 1.54) is 6.42 Å². The minimum Gasteiger partial charge on any atom is -0.460 e. The van der Waals surface area contributed by atoms with Gasteiger partial charge in [-0.05, 0) is 80.3 Å². The Labute approximate surface area is 280 Å². The molecule has 2 aromatic carbocycles. The van der Waals surface area contributed by atoms with Crippen LogP contribution in [0.2, 0.25) is 0 Å². The first-order chi connectivity index (χ1) is 22.4.